The van der Waals surface area contributed by atoms with Crippen molar-refractivity contribution in [3.8, 4) is 11.1 Å². The number of nitrogens with one attached hydrogen (secondary N) is 4. The Hall–Kier alpha value is -4.87. The number of carbonyl (C=O) groups excluding carboxylic acids is 2. The molecular formula is C25H20F2N8O2. The van der Waals surface area contributed by atoms with E-state index in [4.69, 9.17) is 0 Å². The maximum absolute atomic E-state index is 14.1. The molecule has 2 aromatic heterocycles. The minimum atomic E-state index is -0.606. The van der Waals surface area contributed by atoms with Crippen molar-refractivity contribution < 1.29 is 18.4 Å². The van der Waals surface area contributed by atoms with Gasteiger partial charge in [0.25, 0.3) is 5.91 Å². The highest BCUT2D eigenvalue weighted by atomic mass is 19.1. The van der Waals surface area contributed by atoms with Crippen LogP contribution in [0.5, 0.6) is 0 Å². The fourth-order valence-corrected chi connectivity index (χ4v) is 4.04. The molecule has 186 valence electrons. The van der Waals surface area contributed by atoms with Crippen LogP contribution in [0.15, 0.2) is 54.4 Å². The predicted octanol–water partition coefficient (Wildman–Crippen LogP) is 3.44. The standard InChI is InChI=1S/C25H20F2N8O2/c26-16-3-1-2-13(8-16)19-7-4-17(27)9-14(19)11-28-23-32-21-15(10-20-22(36)33-25(37)31-20)12-29-35(21)24(34-23)30-18-5-6-18/h1-4,7-10,12,18H,5-6,11H2,(H2,28,30,32,34)(H2,31,33,36,37)/b20-10-. The lowest BCUT2D eigenvalue weighted by Gasteiger charge is -2.13. The summed E-state index contributed by atoms with van der Waals surface area (Å²) in [6.07, 6.45) is 5.00. The molecule has 4 N–H and O–H groups in total. The highest BCUT2D eigenvalue weighted by Gasteiger charge is 2.26. The normalized spacial score (nSPS) is 16.2. The average Bonchev–Trinajstić information content (AvgIpc) is 3.51. The Morgan fingerprint density at radius 2 is 1.89 bits per heavy atom. The molecule has 6 rings (SSSR count). The summed E-state index contributed by atoms with van der Waals surface area (Å²) in [5, 5.41) is 15.4. The number of rotatable bonds is 7. The summed E-state index contributed by atoms with van der Waals surface area (Å²) in [6.45, 7) is 0.158. The van der Waals surface area contributed by atoms with Gasteiger partial charge in [-0.3, -0.25) is 10.1 Å². The van der Waals surface area contributed by atoms with Crippen molar-refractivity contribution in [2.45, 2.75) is 25.4 Å². The number of anilines is 2. The van der Waals surface area contributed by atoms with Gasteiger partial charge in [0.1, 0.15) is 17.3 Å². The van der Waals surface area contributed by atoms with Gasteiger partial charge in [-0.25, -0.2) is 13.6 Å². The van der Waals surface area contributed by atoms with Crippen LogP contribution in [0, 0.1) is 11.6 Å². The van der Waals surface area contributed by atoms with Crippen molar-refractivity contribution in [3.63, 3.8) is 0 Å². The molecule has 12 heteroatoms. The van der Waals surface area contributed by atoms with E-state index < -0.39 is 17.8 Å². The number of aromatic nitrogens is 4. The van der Waals surface area contributed by atoms with E-state index in [9.17, 15) is 18.4 Å². The molecule has 0 spiro atoms. The van der Waals surface area contributed by atoms with Crippen LogP contribution in [0.3, 0.4) is 0 Å². The lowest BCUT2D eigenvalue weighted by Crippen LogP contribution is -2.22. The molecule has 0 atom stereocenters. The largest absolute Gasteiger partial charge is 0.351 e. The number of benzene rings is 2. The molecule has 0 radical (unpaired) electrons. The fourth-order valence-electron chi connectivity index (χ4n) is 4.04. The van der Waals surface area contributed by atoms with Gasteiger partial charge in [-0.15, -0.1) is 0 Å². The number of imide groups is 1. The molecule has 0 unspecified atom stereocenters. The van der Waals surface area contributed by atoms with E-state index in [1.165, 1.54) is 41.1 Å². The maximum atomic E-state index is 14.1. The topological polar surface area (TPSA) is 125 Å². The summed E-state index contributed by atoms with van der Waals surface area (Å²) in [4.78, 5) is 32.6. The van der Waals surface area contributed by atoms with Crippen LogP contribution in [0.25, 0.3) is 22.9 Å². The Bertz CT molecular complexity index is 1600. The molecule has 1 saturated heterocycles. The minimum Gasteiger partial charge on any atom is -0.351 e. The molecule has 3 amide bonds. The van der Waals surface area contributed by atoms with Gasteiger partial charge in [0.05, 0.1) is 6.20 Å². The molecule has 10 nitrogen and oxygen atoms in total. The van der Waals surface area contributed by atoms with E-state index in [0.717, 1.165) is 12.8 Å². The number of urea groups is 1. The zero-order valence-corrected chi connectivity index (χ0v) is 19.3. The zero-order valence-electron chi connectivity index (χ0n) is 19.3. The first kappa shape index (κ1) is 22.6. The van der Waals surface area contributed by atoms with Gasteiger partial charge in [0, 0.05) is 18.2 Å². The van der Waals surface area contributed by atoms with Crippen molar-refractivity contribution in [3.05, 3.63) is 77.1 Å². The van der Waals surface area contributed by atoms with Crippen LogP contribution in [0.1, 0.15) is 24.0 Å². The lowest BCUT2D eigenvalue weighted by atomic mass is 9.99. The number of carbonyl (C=O) groups is 2. The molecule has 3 heterocycles. The second-order valence-electron chi connectivity index (χ2n) is 8.76. The van der Waals surface area contributed by atoms with Gasteiger partial charge in [-0.2, -0.15) is 19.6 Å². The maximum Gasteiger partial charge on any atom is 0.326 e. The number of halogens is 2. The van der Waals surface area contributed by atoms with Gasteiger partial charge in [-0.1, -0.05) is 18.2 Å². The number of amides is 3. The molecule has 2 aliphatic rings. The quantitative estimate of drug-likeness (QED) is 0.225. The van der Waals surface area contributed by atoms with Gasteiger partial charge >= 0.3 is 6.03 Å². The Balaban J connectivity index is 1.35. The van der Waals surface area contributed by atoms with Gasteiger partial charge in [0.15, 0.2) is 5.65 Å². The van der Waals surface area contributed by atoms with Gasteiger partial charge < -0.3 is 16.0 Å². The first-order valence-electron chi connectivity index (χ1n) is 11.6. The van der Waals surface area contributed by atoms with Crippen LogP contribution < -0.4 is 21.3 Å². The third-order valence-electron chi connectivity index (χ3n) is 5.97. The number of hydrogen-bond acceptors (Lipinski definition) is 7. The Kier molecular flexibility index (Phi) is 5.48. The first-order valence-corrected chi connectivity index (χ1v) is 11.6. The van der Waals surface area contributed by atoms with Gasteiger partial charge in [0.2, 0.25) is 11.9 Å². The third-order valence-corrected chi connectivity index (χ3v) is 5.97. The molecule has 2 aromatic carbocycles. The van der Waals surface area contributed by atoms with Crippen LogP contribution in [0.4, 0.5) is 25.5 Å². The number of hydrogen-bond donors (Lipinski definition) is 4. The van der Waals surface area contributed by atoms with E-state index >= 15 is 0 Å². The second kappa shape index (κ2) is 8.97. The Morgan fingerprint density at radius 1 is 1.05 bits per heavy atom. The number of nitrogens with zero attached hydrogens (tertiary/aromatic N) is 4. The minimum absolute atomic E-state index is 0.0734. The molecular weight excluding hydrogens is 482 g/mol. The monoisotopic (exact) mass is 502 g/mol. The lowest BCUT2D eigenvalue weighted by molar-refractivity contribution is -0.115. The van der Waals surface area contributed by atoms with Crippen LogP contribution in [0.2, 0.25) is 0 Å². The summed E-state index contributed by atoms with van der Waals surface area (Å²) < 4.78 is 29.5. The summed E-state index contributed by atoms with van der Waals surface area (Å²) in [7, 11) is 0. The zero-order chi connectivity index (χ0) is 25.5. The molecule has 1 aliphatic carbocycles. The summed E-state index contributed by atoms with van der Waals surface area (Å²) >= 11 is 0. The Morgan fingerprint density at radius 3 is 2.65 bits per heavy atom. The summed E-state index contributed by atoms with van der Waals surface area (Å²) in [5.41, 5.74) is 2.83. The van der Waals surface area contributed by atoms with E-state index in [0.29, 0.717) is 33.8 Å². The first-order chi connectivity index (χ1) is 17.9. The second-order valence-corrected chi connectivity index (χ2v) is 8.76. The van der Waals surface area contributed by atoms with Crippen LogP contribution in [-0.4, -0.2) is 37.6 Å². The highest BCUT2D eigenvalue weighted by Crippen LogP contribution is 2.28. The smallest absolute Gasteiger partial charge is 0.326 e. The van der Waals surface area contributed by atoms with Crippen molar-refractivity contribution >= 4 is 35.6 Å². The van der Waals surface area contributed by atoms with E-state index in [2.05, 4.69) is 36.3 Å². The fraction of sp³-hybridized carbons (Fsp3) is 0.160. The van der Waals surface area contributed by atoms with Crippen molar-refractivity contribution in [1.29, 1.82) is 0 Å². The van der Waals surface area contributed by atoms with E-state index in [-0.39, 0.29) is 30.0 Å². The Labute approximate surface area is 208 Å². The highest BCUT2D eigenvalue weighted by molar-refractivity contribution is 6.14. The third kappa shape index (κ3) is 4.68. The molecule has 1 aliphatic heterocycles. The molecule has 2 fully saturated rings. The number of fused-ring (bicyclic) bond motifs is 1. The molecule has 1 saturated carbocycles. The van der Waals surface area contributed by atoms with E-state index in [1.54, 1.807) is 18.2 Å². The van der Waals surface area contributed by atoms with Crippen molar-refractivity contribution in [2.24, 2.45) is 0 Å². The summed E-state index contributed by atoms with van der Waals surface area (Å²) in [6, 6.07) is 10.1. The van der Waals surface area contributed by atoms with Crippen molar-refractivity contribution in [1.82, 2.24) is 30.2 Å². The SMILES string of the molecule is O=C1NC(=O)/C(=C/c2cnn3c(NC4CC4)nc(NCc4cc(F)ccc4-c4cccc(F)c4)nc23)N1. The summed E-state index contributed by atoms with van der Waals surface area (Å²) in [5.74, 6) is -0.677. The molecule has 0 bridgehead atoms. The van der Waals surface area contributed by atoms with Gasteiger partial charge in [-0.05, 0) is 59.9 Å². The molecule has 37 heavy (non-hydrogen) atoms. The molecule has 4 aromatic rings. The van der Waals surface area contributed by atoms with Crippen LogP contribution in [-0.2, 0) is 11.3 Å². The van der Waals surface area contributed by atoms with Crippen molar-refractivity contribution in [2.75, 3.05) is 10.6 Å². The van der Waals surface area contributed by atoms with Crippen LogP contribution >= 0.6 is 0 Å². The predicted molar refractivity (Wildman–Crippen MR) is 131 cm³/mol. The van der Waals surface area contributed by atoms with E-state index in [1.807, 2.05) is 0 Å². The average molecular weight is 502 g/mol.